The second kappa shape index (κ2) is 8.53. The molecule has 0 aliphatic rings. The fraction of sp³-hybridized carbons (Fsp3) is 0.333. The number of carboxylic acid groups (broad SMARTS) is 1. The topological polar surface area (TPSA) is 55.1 Å². The van der Waals surface area contributed by atoms with E-state index in [9.17, 15) is 4.79 Å². The lowest BCUT2D eigenvalue weighted by molar-refractivity contribution is -0.135. The molecule has 0 aliphatic carbocycles. The lowest BCUT2D eigenvalue weighted by Crippen LogP contribution is -2.07. The van der Waals surface area contributed by atoms with Gasteiger partial charge in [-0.3, -0.25) is 4.79 Å². The Hall–Kier alpha value is -2.07. The van der Waals surface area contributed by atoms with E-state index in [4.69, 9.17) is 16.7 Å². The minimum absolute atomic E-state index is 0.00155. The number of hydrogen-bond acceptors (Lipinski definition) is 2. The van der Waals surface area contributed by atoms with Gasteiger partial charge in [0.25, 0.3) is 0 Å². The first-order valence-corrected chi connectivity index (χ1v) is 8.15. The average molecular weight is 333 g/mol. The molecule has 0 radical (unpaired) electrons. The normalized spacial score (nSPS) is 11.2. The lowest BCUT2D eigenvalue weighted by atomic mass is 10.2. The van der Waals surface area contributed by atoms with E-state index in [1.165, 1.54) is 0 Å². The van der Waals surface area contributed by atoms with Crippen molar-refractivity contribution in [2.75, 3.05) is 0 Å². The summed E-state index contributed by atoms with van der Waals surface area (Å²) in [5, 5.41) is 9.49. The van der Waals surface area contributed by atoms with Crippen LogP contribution in [0.4, 0.5) is 0 Å². The van der Waals surface area contributed by atoms with Crippen molar-refractivity contribution in [3.63, 3.8) is 0 Å². The van der Waals surface area contributed by atoms with Gasteiger partial charge in [-0.15, -0.1) is 0 Å². The number of rotatable bonds is 8. The summed E-state index contributed by atoms with van der Waals surface area (Å²) in [4.78, 5) is 15.2. The second-order valence-electron chi connectivity index (χ2n) is 5.38. The second-order valence-corrected chi connectivity index (χ2v) is 5.79. The molecule has 2 rings (SSSR count). The highest BCUT2D eigenvalue weighted by Gasteiger charge is 2.10. The van der Waals surface area contributed by atoms with E-state index < -0.39 is 5.97 Å². The van der Waals surface area contributed by atoms with Gasteiger partial charge in [-0.25, -0.2) is 4.98 Å². The summed E-state index contributed by atoms with van der Waals surface area (Å²) in [5.41, 5.74) is 1.93. The summed E-state index contributed by atoms with van der Waals surface area (Å²) in [6.07, 6.45) is 8.32. The predicted molar refractivity (Wildman–Crippen MR) is 92.7 cm³/mol. The van der Waals surface area contributed by atoms with Gasteiger partial charge in [0.2, 0.25) is 0 Å². The van der Waals surface area contributed by atoms with E-state index in [1.54, 1.807) is 12.3 Å². The maximum Gasteiger partial charge on any atom is 0.307 e. The van der Waals surface area contributed by atoms with Crippen LogP contribution in [0.2, 0.25) is 5.02 Å². The molecule has 0 saturated heterocycles. The zero-order valence-corrected chi connectivity index (χ0v) is 14.0. The van der Waals surface area contributed by atoms with Gasteiger partial charge in [0, 0.05) is 11.4 Å². The van der Waals surface area contributed by atoms with Crippen LogP contribution in [0.5, 0.6) is 0 Å². The number of aliphatic carboxylic acids is 1. The van der Waals surface area contributed by atoms with Gasteiger partial charge in [0.15, 0.2) is 0 Å². The molecule has 0 unspecified atom stereocenters. The highest BCUT2D eigenvalue weighted by atomic mass is 35.5. The van der Waals surface area contributed by atoms with Crippen molar-refractivity contribution in [2.24, 2.45) is 0 Å². The fourth-order valence-electron chi connectivity index (χ4n) is 2.36. The largest absolute Gasteiger partial charge is 0.481 e. The highest BCUT2D eigenvalue weighted by Crippen LogP contribution is 2.19. The Labute approximate surface area is 141 Å². The van der Waals surface area contributed by atoms with Crippen molar-refractivity contribution < 1.29 is 9.90 Å². The van der Waals surface area contributed by atoms with Gasteiger partial charge in [-0.2, -0.15) is 0 Å². The van der Waals surface area contributed by atoms with Crippen molar-refractivity contribution in [3.8, 4) is 0 Å². The summed E-state index contributed by atoms with van der Waals surface area (Å²) in [5.74, 6) is 0.159. The van der Waals surface area contributed by atoms with Gasteiger partial charge in [-0.05, 0) is 24.1 Å². The van der Waals surface area contributed by atoms with E-state index in [1.807, 2.05) is 30.3 Å². The molecular weight excluding hydrogens is 312 g/mol. The number of carboxylic acids is 1. The molecule has 1 N–H and O–H groups in total. The molecule has 0 amide bonds. The number of halogens is 1. The van der Waals surface area contributed by atoms with Crippen molar-refractivity contribution in [2.45, 2.75) is 39.2 Å². The van der Waals surface area contributed by atoms with Crippen LogP contribution in [0.15, 0.2) is 36.5 Å². The predicted octanol–water partition coefficient (Wildman–Crippen LogP) is 4.42. The molecule has 4 nitrogen and oxygen atoms in total. The number of hydrogen-bond donors (Lipinski definition) is 1. The molecule has 122 valence electrons. The van der Waals surface area contributed by atoms with Crippen molar-refractivity contribution >= 4 is 23.6 Å². The molecule has 0 bridgehead atoms. The number of aromatic nitrogens is 2. The molecule has 0 spiro atoms. The Bertz CT molecular complexity index is 692. The monoisotopic (exact) mass is 332 g/mol. The zero-order valence-electron chi connectivity index (χ0n) is 13.2. The standard InChI is InChI=1S/C18H21ClN2O2/c1-2-3-10-17-20-12-15(8-6-11-18(22)23)21(17)13-14-7-4-5-9-16(14)19/h4-9,12H,2-3,10-11,13H2,1H3,(H,22,23)/b8-6+. The van der Waals surface area contributed by atoms with Gasteiger partial charge in [-0.1, -0.05) is 49.2 Å². The first-order chi connectivity index (χ1) is 11.1. The Balaban J connectivity index is 2.28. The Morgan fingerprint density at radius 2 is 2.17 bits per heavy atom. The fourth-order valence-corrected chi connectivity index (χ4v) is 2.55. The Kier molecular flexibility index (Phi) is 6.41. The first kappa shape index (κ1) is 17.3. The first-order valence-electron chi connectivity index (χ1n) is 7.78. The number of benzene rings is 1. The van der Waals surface area contributed by atoms with Crippen molar-refractivity contribution in [1.82, 2.24) is 9.55 Å². The minimum atomic E-state index is -0.843. The lowest BCUT2D eigenvalue weighted by Gasteiger charge is -2.11. The maximum atomic E-state index is 10.7. The van der Waals surface area contributed by atoms with Crippen LogP contribution in [0.1, 0.15) is 43.3 Å². The third-order valence-corrected chi connectivity index (χ3v) is 3.96. The summed E-state index contributed by atoms with van der Waals surface area (Å²) in [6.45, 7) is 2.78. The van der Waals surface area contributed by atoms with E-state index >= 15 is 0 Å². The number of carbonyl (C=O) groups is 1. The zero-order chi connectivity index (χ0) is 16.7. The van der Waals surface area contributed by atoms with Crippen LogP contribution in [0, 0.1) is 0 Å². The summed E-state index contributed by atoms with van der Waals surface area (Å²) in [7, 11) is 0. The molecule has 2 aromatic rings. The molecule has 0 saturated carbocycles. The molecule has 0 atom stereocenters. The Morgan fingerprint density at radius 3 is 2.87 bits per heavy atom. The van der Waals surface area contributed by atoms with E-state index in [2.05, 4.69) is 16.5 Å². The molecule has 23 heavy (non-hydrogen) atoms. The SMILES string of the molecule is CCCCc1ncc(/C=C/CC(=O)O)n1Cc1ccccc1Cl. The van der Waals surface area contributed by atoms with Gasteiger partial charge >= 0.3 is 5.97 Å². The molecule has 5 heteroatoms. The smallest absolute Gasteiger partial charge is 0.307 e. The Morgan fingerprint density at radius 1 is 1.39 bits per heavy atom. The molecular formula is C18H21ClN2O2. The summed E-state index contributed by atoms with van der Waals surface area (Å²) >= 11 is 6.27. The third-order valence-electron chi connectivity index (χ3n) is 3.59. The van der Waals surface area contributed by atoms with E-state index in [-0.39, 0.29) is 6.42 Å². The number of imidazole rings is 1. The molecule has 1 aromatic heterocycles. The van der Waals surface area contributed by atoms with Crippen LogP contribution in [0.3, 0.4) is 0 Å². The van der Waals surface area contributed by atoms with Crippen molar-refractivity contribution in [3.05, 3.63) is 58.6 Å². The van der Waals surface area contributed by atoms with E-state index in [0.29, 0.717) is 6.54 Å². The van der Waals surface area contributed by atoms with Crippen LogP contribution in [0.25, 0.3) is 6.08 Å². The van der Waals surface area contributed by atoms with Crippen LogP contribution >= 0.6 is 11.6 Å². The molecule has 0 fully saturated rings. The van der Waals surface area contributed by atoms with Gasteiger partial charge in [0.05, 0.1) is 24.9 Å². The highest BCUT2D eigenvalue weighted by molar-refractivity contribution is 6.31. The molecule has 0 aliphatic heterocycles. The van der Waals surface area contributed by atoms with Crippen LogP contribution < -0.4 is 0 Å². The maximum absolute atomic E-state index is 10.7. The minimum Gasteiger partial charge on any atom is -0.481 e. The quantitative estimate of drug-likeness (QED) is 0.778. The number of nitrogens with zero attached hydrogens (tertiary/aromatic N) is 2. The van der Waals surface area contributed by atoms with Crippen molar-refractivity contribution in [1.29, 1.82) is 0 Å². The summed E-state index contributed by atoms with van der Waals surface area (Å²) < 4.78 is 2.11. The molecule has 1 aromatic carbocycles. The van der Waals surface area contributed by atoms with Crippen LogP contribution in [-0.2, 0) is 17.8 Å². The number of unbranched alkanes of at least 4 members (excludes halogenated alkanes) is 1. The van der Waals surface area contributed by atoms with Gasteiger partial charge < -0.3 is 9.67 Å². The van der Waals surface area contributed by atoms with Gasteiger partial charge in [0.1, 0.15) is 5.82 Å². The van der Waals surface area contributed by atoms with E-state index in [0.717, 1.165) is 41.4 Å². The van der Waals surface area contributed by atoms with Crippen LogP contribution in [-0.4, -0.2) is 20.6 Å². The third kappa shape index (κ3) is 4.96. The number of aryl methyl sites for hydroxylation is 1. The summed E-state index contributed by atoms with van der Waals surface area (Å²) in [6, 6.07) is 7.74. The molecule has 1 heterocycles. The average Bonchev–Trinajstić information content (AvgIpc) is 2.89.